The Morgan fingerprint density at radius 2 is 0.900 bits per heavy atom. The fourth-order valence-corrected chi connectivity index (χ4v) is 1.68. The first-order valence-corrected chi connectivity index (χ1v) is 8.36. The molecule has 0 aromatic carbocycles. The zero-order valence-electron chi connectivity index (χ0n) is 13.3. The fourth-order valence-electron chi connectivity index (χ4n) is 0.875. The summed E-state index contributed by atoms with van der Waals surface area (Å²) in [6.45, 7) is 11.9. The van der Waals surface area contributed by atoms with Gasteiger partial charge in [0.25, 0.3) is 0 Å². The molecular formula is C15H27O4P. The number of hydrogen-bond acceptors (Lipinski definition) is 4. The molecule has 0 unspecified atom stereocenters. The van der Waals surface area contributed by atoms with Crippen LogP contribution in [0.15, 0.2) is 37.0 Å². The minimum absolute atomic E-state index is 0.292. The highest BCUT2D eigenvalue weighted by molar-refractivity contribution is 7.48. The molecule has 0 amide bonds. The van der Waals surface area contributed by atoms with E-state index in [1.54, 1.807) is 18.2 Å². The first-order valence-electron chi connectivity index (χ1n) is 6.90. The lowest BCUT2D eigenvalue weighted by Crippen LogP contribution is -1.91. The molecule has 20 heavy (non-hydrogen) atoms. The number of hydrogen-bond donors (Lipinski definition) is 0. The first kappa shape index (κ1) is 18.9. The molecule has 0 heterocycles. The van der Waals surface area contributed by atoms with Crippen molar-refractivity contribution in [2.45, 2.75) is 41.5 Å². The van der Waals surface area contributed by atoms with Crippen molar-refractivity contribution in [3.8, 4) is 0 Å². The average Bonchev–Trinajstić information content (AvgIpc) is 2.27. The number of phosphoric ester groups is 1. The maximum absolute atomic E-state index is 12.3. The third kappa shape index (κ3) is 10.7. The van der Waals surface area contributed by atoms with Gasteiger partial charge in [-0.3, -0.25) is 0 Å². The second-order valence-electron chi connectivity index (χ2n) is 5.48. The van der Waals surface area contributed by atoms with Crippen LogP contribution in [0.25, 0.3) is 0 Å². The van der Waals surface area contributed by atoms with Crippen LogP contribution in [0, 0.1) is 17.8 Å². The SMILES string of the molecule is CC(C)/C=C/OP(=O)(O/C=C/C(C)C)O/C=C/C(C)C. The molecule has 0 radical (unpaired) electrons. The van der Waals surface area contributed by atoms with Crippen molar-refractivity contribution in [1.82, 2.24) is 0 Å². The Bertz CT molecular complexity index is 324. The molecule has 5 heteroatoms. The van der Waals surface area contributed by atoms with Gasteiger partial charge < -0.3 is 13.6 Å². The highest BCUT2D eigenvalue weighted by atomic mass is 31.2. The molecule has 0 aromatic rings. The van der Waals surface area contributed by atoms with E-state index in [2.05, 4.69) is 0 Å². The van der Waals surface area contributed by atoms with Crippen molar-refractivity contribution in [3.63, 3.8) is 0 Å². The van der Waals surface area contributed by atoms with Crippen molar-refractivity contribution in [2.24, 2.45) is 17.8 Å². The van der Waals surface area contributed by atoms with Crippen LogP contribution >= 0.6 is 7.82 Å². The molecule has 0 bridgehead atoms. The lowest BCUT2D eigenvalue weighted by Gasteiger charge is -2.13. The fraction of sp³-hybridized carbons (Fsp3) is 0.600. The Labute approximate surface area is 123 Å². The molecule has 0 spiro atoms. The van der Waals surface area contributed by atoms with Gasteiger partial charge >= 0.3 is 7.82 Å². The van der Waals surface area contributed by atoms with E-state index < -0.39 is 7.82 Å². The molecule has 0 fully saturated rings. The predicted octanol–water partition coefficient (Wildman–Crippen LogP) is 5.65. The number of phosphoric acid groups is 1. The highest BCUT2D eigenvalue weighted by Crippen LogP contribution is 2.50. The summed E-state index contributed by atoms with van der Waals surface area (Å²) in [4.78, 5) is 0. The highest BCUT2D eigenvalue weighted by Gasteiger charge is 2.27. The van der Waals surface area contributed by atoms with Crippen molar-refractivity contribution in [2.75, 3.05) is 0 Å². The molecule has 0 aromatic heterocycles. The monoisotopic (exact) mass is 302 g/mol. The van der Waals surface area contributed by atoms with Crippen molar-refractivity contribution in [1.29, 1.82) is 0 Å². The van der Waals surface area contributed by atoms with E-state index in [0.29, 0.717) is 17.8 Å². The van der Waals surface area contributed by atoms with Crippen LogP contribution in [-0.4, -0.2) is 0 Å². The summed E-state index contributed by atoms with van der Waals surface area (Å²) in [5, 5.41) is 0. The van der Waals surface area contributed by atoms with E-state index in [1.165, 1.54) is 18.8 Å². The van der Waals surface area contributed by atoms with Gasteiger partial charge in [-0.15, -0.1) is 0 Å². The van der Waals surface area contributed by atoms with E-state index in [-0.39, 0.29) is 0 Å². The van der Waals surface area contributed by atoms with E-state index >= 15 is 0 Å². The molecule has 0 aliphatic heterocycles. The molecule has 0 N–H and O–H groups in total. The number of allylic oxidation sites excluding steroid dienone is 3. The first-order chi connectivity index (χ1) is 9.25. The smallest absolute Gasteiger partial charge is 0.394 e. The summed E-state index contributed by atoms with van der Waals surface area (Å²) in [6.07, 6.45) is 9.40. The van der Waals surface area contributed by atoms with Crippen LogP contribution in [0.5, 0.6) is 0 Å². The minimum atomic E-state index is -3.65. The zero-order valence-corrected chi connectivity index (χ0v) is 14.2. The molecular weight excluding hydrogens is 275 g/mol. The van der Waals surface area contributed by atoms with Crippen LogP contribution in [0.3, 0.4) is 0 Å². The third-order valence-corrected chi connectivity index (χ3v) is 3.10. The van der Waals surface area contributed by atoms with Crippen molar-refractivity contribution in [3.05, 3.63) is 37.0 Å². The molecule has 0 saturated carbocycles. The van der Waals surface area contributed by atoms with Gasteiger partial charge in [-0.1, -0.05) is 41.5 Å². The summed E-state index contributed by atoms with van der Waals surface area (Å²) in [7, 11) is -3.65. The minimum Gasteiger partial charge on any atom is -0.394 e. The maximum Gasteiger partial charge on any atom is 0.645 e. The van der Waals surface area contributed by atoms with E-state index in [1.807, 2.05) is 41.5 Å². The molecule has 0 saturated heterocycles. The quantitative estimate of drug-likeness (QED) is 0.407. The summed E-state index contributed by atoms with van der Waals surface area (Å²) in [5.74, 6) is 0.877. The molecule has 116 valence electrons. The summed E-state index contributed by atoms with van der Waals surface area (Å²) < 4.78 is 27.7. The standard InChI is InChI=1S/C15H27O4P/c1-13(2)7-10-17-20(16,18-11-8-14(3)4)19-12-9-15(5)6/h7-15H,1-6H3/b10-7+,11-8+,12-9+. The second kappa shape index (κ2) is 9.71. The van der Waals surface area contributed by atoms with Crippen LogP contribution < -0.4 is 0 Å². The Kier molecular flexibility index (Phi) is 9.15. The predicted molar refractivity (Wildman–Crippen MR) is 82.8 cm³/mol. The lowest BCUT2D eigenvalue weighted by molar-refractivity contribution is 0.228. The Morgan fingerprint density at radius 3 is 1.10 bits per heavy atom. The van der Waals surface area contributed by atoms with Crippen LogP contribution in [-0.2, 0) is 18.1 Å². The van der Waals surface area contributed by atoms with Gasteiger partial charge in [0.05, 0.1) is 18.8 Å². The van der Waals surface area contributed by atoms with Crippen LogP contribution in [0.2, 0.25) is 0 Å². The Morgan fingerprint density at radius 1 is 0.650 bits per heavy atom. The summed E-state index contributed by atoms with van der Waals surface area (Å²) >= 11 is 0. The third-order valence-electron chi connectivity index (χ3n) is 1.96. The number of rotatable bonds is 9. The van der Waals surface area contributed by atoms with Gasteiger partial charge in [0.2, 0.25) is 0 Å². The Balaban J connectivity index is 4.70. The average molecular weight is 302 g/mol. The summed E-state index contributed by atoms with van der Waals surface area (Å²) in [5.41, 5.74) is 0. The molecule has 0 aliphatic rings. The van der Waals surface area contributed by atoms with Gasteiger partial charge in [0, 0.05) is 0 Å². The zero-order chi connectivity index (χ0) is 15.6. The molecule has 0 rings (SSSR count). The van der Waals surface area contributed by atoms with Gasteiger partial charge in [0.1, 0.15) is 0 Å². The maximum atomic E-state index is 12.3. The van der Waals surface area contributed by atoms with Gasteiger partial charge in [0.15, 0.2) is 0 Å². The van der Waals surface area contributed by atoms with E-state index in [0.717, 1.165) is 0 Å². The van der Waals surface area contributed by atoms with Gasteiger partial charge in [-0.05, 0) is 36.0 Å². The lowest BCUT2D eigenvalue weighted by atomic mass is 10.2. The van der Waals surface area contributed by atoms with Crippen molar-refractivity contribution >= 4 is 7.82 Å². The summed E-state index contributed by atoms with van der Waals surface area (Å²) in [6, 6.07) is 0. The topological polar surface area (TPSA) is 44.8 Å². The van der Waals surface area contributed by atoms with E-state index in [9.17, 15) is 4.57 Å². The molecule has 0 aliphatic carbocycles. The largest absolute Gasteiger partial charge is 0.645 e. The molecule has 0 atom stereocenters. The van der Waals surface area contributed by atoms with Crippen LogP contribution in [0.1, 0.15) is 41.5 Å². The molecule has 4 nitrogen and oxygen atoms in total. The van der Waals surface area contributed by atoms with E-state index in [4.69, 9.17) is 13.6 Å². The van der Waals surface area contributed by atoms with Crippen LogP contribution in [0.4, 0.5) is 0 Å². The van der Waals surface area contributed by atoms with Crippen molar-refractivity contribution < 1.29 is 18.1 Å². The second-order valence-corrected chi connectivity index (χ2v) is 7.01. The normalized spacial score (nSPS) is 13.4. The Hall–Kier alpha value is -1.15. The van der Waals surface area contributed by atoms with Gasteiger partial charge in [-0.2, -0.15) is 4.57 Å². The van der Waals surface area contributed by atoms with Gasteiger partial charge in [-0.25, -0.2) is 0 Å².